The van der Waals surface area contributed by atoms with E-state index < -0.39 is 17.8 Å². The maximum Gasteiger partial charge on any atom is 0.436 e. The van der Waals surface area contributed by atoms with E-state index in [1.54, 1.807) is 29.1 Å². The standard InChI is InChI=1S/C17H15BrF3N5O/c1-11-15(18)16(17(19,20)21)24-26(11)10-14(27)23-13-5-2-4-12(8-13)9-25-7-3-6-22-25/h2-8H,9-10H2,1H3,(H,23,27). The van der Waals surface area contributed by atoms with Crippen LogP contribution in [-0.4, -0.2) is 25.5 Å². The largest absolute Gasteiger partial charge is 0.436 e. The highest BCUT2D eigenvalue weighted by Gasteiger charge is 2.38. The molecule has 0 aliphatic carbocycles. The van der Waals surface area contributed by atoms with Crippen LogP contribution >= 0.6 is 15.9 Å². The number of aromatic nitrogens is 4. The van der Waals surface area contributed by atoms with E-state index in [0.29, 0.717) is 12.2 Å². The molecule has 2 aromatic heterocycles. The minimum Gasteiger partial charge on any atom is -0.324 e. The molecule has 1 aromatic carbocycles. The van der Waals surface area contributed by atoms with E-state index in [1.165, 1.54) is 6.92 Å². The maximum atomic E-state index is 12.9. The molecule has 2 heterocycles. The Hall–Kier alpha value is -2.62. The number of halogens is 4. The van der Waals surface area contributed by atoms with Crippen LogP contribution in [0, 0.1) is 6.92 Å². The van der Waals surface area contributed by atoms with Gasteiger partial charge in [-0.25, -0.2) is 0 Å². The normalized spacial score (nSPS) is 11.6. The Labute approximate surface area is 161 Å². The summed E-state index contributed by atoms with van der Waals surface area (Å²) in [5, 5.41) is 10.3. The zero-order valence-corrected chi connectivity index (χ0v) is 15.8. The van der Waals surface area contributed by atoms with Crippen molar-refractivity contribution in [1.82, 2.24) is 19.6 Å². The van der Waals surface area contributed by atoms with E-state index in [1.807, 2.05) is 18.3 Å². The molecule has 3 rings (SSSR count). The van der Waals surface area contributed by atoms with Gasteiger partial charge < -0.3 is 5.32 Å². The molecule has 10 heteroatoms. The van der Waals surface area contributed by atoms with Gasteiger partial charge in [0.25, 0.3) is 0 Å². The lowest BCUT2D eigenvalue weighted by molar-refractivity contribution is -0.142. The molecule has 3 aromatic rings. The number of hydrogen-bond donors (Lipinski definition) is 1. The molecule has 0 spiro atoms. The van der Waals surface area contributed by atoms with Gasteiger partial charge in [-0.2, -0.15) is 23.4 Å². The van der Waals surface area contributed by atoms with Gasteiger partial charge in [-0.15, -0.1) is 0 Å². The molecule has 0 bridgehead atoms. The summed E-state index contributed by atoms with van der Waals surface area (Å²) >= 11 is 2.89. The van der Waals surface area contributed by atoms with Gasteiger partial charge in [0.2, 0.25) is 5.91 Å². The number of amides is 1. The number of nitrogens with zero attached hydrogens (tertiary/aromatic N) is 4. The number of carbonyl (C=O) groups excluding carboxylic acids is 1. The van der Waals surface area contributed by atoms with Crippen molar-refractivity contribution in [2.75, 3.05) is 5.32 Å². The molecule has 1 amide bonds. The van der Waals surface area contributed by atoms with Crippen LogP contribution in [-0.2, 0) is 24.1 Å². The molecule has 0 atom stereocenters. The average molecular weight is 442 g/mol. The predicted molar refractivity (Wildman–Crippen MR) is 96.1 cm³/mol. The summed E-state index contributed by atoms with van der Waals surface area (Å²) in [4.78, 5) is 12.2. The lowest BCUT2D eigenvalue weighted by Gasteiger charge is -2.09. The van der Waals surface area contributed by atoms with Gasteiger partial charge in [-0.1, -0.05) is 12.1 Å². The van der Waals surface area contributed by atoms with Crippen LogP contribution < -0.4 is 5.32 Å². The molecule has 0 aliphatic heterocycles. The molecule has 0 fully saturated rings. The second-order valence-electron chi connectivity index (χ2n) is 5.86. The summed E-state index contributed by atoms with van der Waals surface area (Å²) in [6, 6.07) is 8.98. The molecule has 27 heavy (non-hydrogen) atoms. The predicted octanol–water partition coefficient (Wildman–Crippen LogP) is 3.86. The summed E-state index contributed by atoms with van der Waals surface area (Å²) in [6.07, 6.45) is -1.10. The first-order valence-electron chi connectivity index (χ1n) is 7.90. The van der Waals surface area contributed by atoms with Crippen molar-refractivity contribution in [2.24, 2.45) is 0 Å². The molecule has 6 nitrogen and oxygen atoms in total. The van der Waals surface area contributed by atoms with Crippen molar-refractivity contribution >= 4 is 27.5 Å². The number of rotatable bonds is 5. The fourth-order valence-electron chi connectivity index (χ4n) is 2.52. The van der Waals surface area contributed by atoms with Gasteiger partial charge in [0, 0.05) is 18.1 Å². The fraction of sp³-hybridized carbons (Fsp3) is 0.235. The summed E-state index contributed by atoms with van der Waals surface area (Å²) < 4.78 is 41.3. The molecule has 0 radical (unpaired) electrons. The Morgan fingerprint density at radius 2 is 2.07 bits per heavy atom. The van der Waals surface area contributed by atoms with E-state index >= 15 is 0 Å². The third-order valence-corrected chi connectivity index (χ3v) is 4.76. The van der Waals surface area contributed by atoms with Crippen LogP contribution in [0.1, 0.15) is 17.0 Å². The topological polar surface area (TPSA) is 64.7 Å². The monoisotopic (exact) mass is 441 g/mol. The molecular weight excluding hydrogens is 427 g/mol. The highest BCUT2D eigenvalue weighted by atomic mass is 79.9. The van der Waals surface area contributed by atoms with Crippen molar-refractivity contribution in [3.8, 4) is 0 Å². The number of carbonyl (C=O) groups is 1. The van der Waals surface area contributed by atoms with E-state index in [4.69, 9.17) is 0 Å². The quantitative estimate of drug-likeness (QED) is 0.653. The lowest BCUT2D eigenvalue weighted by atomic mass is 10.2. The second-order valence-corrected chi connectivity index (χ2v) is 6.65. The Balaban J connectivity index is 1.70. The summed E-state index contributed by atoms with van der Waals surface area (Å²) in [5.74, 6) is -0.474. The second kappa shape index (κ2) is 7.55. The Kier molecular flexibility index (Phi) is 5.36. The fourth-order valence-corrected chi connectivity index (χ4v) is 3.03. The smallest absolute Gasteiger partial charge is 0.324 e. The minimum atomic E-state index is -4.59. The highest BCUT2D eigenvalue weighted by Crippen LogP contribution is 2.35. The Bertz CT molecular complexity index is 950. The van der Waals surface area contributed by atoms with Crippen LogP contribution in [0.5, 0.6) is 0 Å². The molecule has 0 saturated heterocycles. The summed E-state index contributed by atoms with van der Waals surface area (Å²) in [6.45, 7) is 1.67. The van der Waals surface area contributed by atoms with E-state index in [-0.39, 0.29) is 16.7 Å². The molecule has 0 unspecified atom stereocenters. The summed E-state index contributed by atoms with van der Waals surface area (Å²) in [7, 11) is 0. The van der Waals surface area contributed by atoms with Gasteiger partial charge in [0.15, 0.2) is 5.69 Å². The number of alkyl halides is 3. The maximum absolute atomic E-state index is 12.9. The number of nitrogens with one attached hydrogen (secondary N) is 1. The van der Waals surface area contributed by atoms with Crippen molar-refractivity contribution in [2.45, 2.75) is 26.2 Å². The first-order chi connectivity index (χ1) is 12.7. The summed E-state index contributed by atoms with van der Waals surface area (Å²) in [5.41, 5.74) is 0.650. The first-order valence-corrected chi connectivity index (χ1v) is 8.69. The zero-order chi connectivity index (χ0) is 19.6. The highest BCUT2D eigenvalue weighted by molar-refractivity contribution is 9.10. The molecule has 142 valence electrons. The van der Waals surface area contributed by atoms with Crippen LogP contribution in [0.15, 0.2) is 47.2 Å². The van der Waals surface area contributed by atoms with Crippen LogP contribution in [0.3, 0.4) is 0 Å². The number of anilines is 1. The number of benzene rings is 1. The van der Waals surface area contributed by atoms with Crippen molar-refractivity contribution in [1.29, 1.82) is 0 Å². The van der Waals surface area contributed by atoms with Gasteiger partial charge in [0.1, 0.15) is 6.54 Å². The molecule has 1 N–H and O–H groups in total. The molecule has 0 aliphatic rings. The number of hydrogen-bond acceptors (Lipinski definition) is 3. The van der Waals surface area contributed by atoms with Crippen LogP contribution in [0.4, 0.5) is 18.9 Å². The van der Waals surface area contributed by atoms with E-state index in [0.717, 1.165) is 10.2 Å². The van der Waals surface area contributed by atoms with Gasteiger partial charge >= 0.3 is 6.18 Å². The average Bonchev–Trinajstić information content (AvgIpc) is 3.18. The molecule has 0 saturated carbocycles. The SMILES string of the molecule is Cc1c(Br)c(C(F)(F)F)nn1CC(=O)Nc1cccc(Cn2cccn2)c1. The van der Waals surface area contributed by atoms with Crippen molar-refractivity contribution in [3.05, 3.63) is 64.1 Å². The van der Waals surface area contributed by atoms with Crippen LogP contribution in [0.2, 0.25) is 0 Å². The van der Waals surface area contributed by atoms with E-state index in [2.05, 4.69) is 31.4 Å². The van der Waals surface area contributed by atoms with Gasteiger partial charge in [-0.05, 0) is 46.6 Å². The minimum absolute atomic E-state index is 0.163. The van der Waals surface area contributed by atoms with Gasteiger partial charge in [-0.3, -0.25) is 14.2 Å². The Morgan fingerprint density at radius 3 is 2.70 bits per heavy atom. The third kappa shape index (κ3) is 4.57. The van der Waals surface area contributed by atoms with Crippen molar-refractivity contribution < 1.29 is 18.0 Å². The van der Waals surface area contributed by atoms with Gasteiger partial charge in [0.05, 0.1) is 16.7 Å². The van der Waals surface area contributed by atoms with E-state index in [9.17, 15) is 18.0 Å². The first kappa shape index (κ1) is 19.2. The van der Waals surface area contributed by atoms with Crippen molar-refractivity contribution in [3.63, 3.8) is 0 Å². The van der Waals surface area contributed by atoms with Crippen LogP contribution in [0.25, 0.3) is 0 Å². The lowest BCUT2D eigenvalue weighted by Crippen LogP contribution is -2.21. The third-order valence-electron chi connectivity index (χ3n) is 3.81. The molecular formula is C17H15BrF3N5O. The Morgan fingerprint density at radius 1 is 1.30 bits per heavy atom. The zero-order valence-electron chi connectivity index (χ0n) is 14.2.